The van der Waals surface area contributed by atoms with Crippen molar-refractivity contribution in [3.63, 3.8) is 0 Å². The number of benzene rings is 1. The van der Waals surface area contributed by atoms with E-state index in [1.54, 1.807) is 12.1 Å². The maximum atomic E-state index is 13.0. The average Bonchev–Trinajstić information content (AvgIpc) is 3.25. The number of carbonyl (C=O) groups excluding carboxylic acids is 1. The lowest BCUT2D eigenvalue weighted by Crippen LogP contribution is -2.38. The first-order valence-corrected chi connectivity index (χ1v) is 16.4. The number of hydrogen-bond acceptors (Lipinski definition) is 6. The molecule has 3 aromatic rings. The molecule has 0 aliphatic rings. The molecule has 1 aromatic carbocycles. The Morgan fingerprint density at radius 1 is 1.14 bits per heavy atom. The van der Waals surface area contributed by atoms with Crippen LogP contribution in [-0.2, 0) is 10.0 Å². The standard InChI is InChI=1S/C23H26ClF3N4O4SSi/c1-22(2,23(25,26)27)14-35-19-11-12-31(29-19)18-10-9-17(20(24)28-18)21(32)30-36(33,34)15-7-6-8-16(13-15)37(3,4)5/h6-13H,14H2,1-5H3,(H,30,32). The smallest absolute Gasteiger partial charge is 0.397 e. The molecule has 1 N–H and O–H groups in total. The Hall–Kier alpha value is -2.90. The molecule has 0 aliphatic heterocycles. The van der Waals surface area contributed by atoms with E-state index < -0.39 is 42.2 Å². The molecule has 0 saturated carbocycles. The van der Waals surface area contributed by atoms with E-state index in [1.165, 1.54) is 35.1 Å². The van der Waals surface area contributed by atoms with Gasteiger partial charge < -0.3 is 4.74 Å². The monoisotopic (exact) mass is 574 g/mol. The van der Waals surface area contributed by atoms with E-state index in [4.69, 9.17) is 16.3 Å². The van der Waals surface area contributed by atoms with Crippen molar-refractivity contribution in [1.29, 1.82) is 0 Å². The maximum absolute atomic E-state index is 13.0. The van der Waals surface area contributed by atoms with Crippen LogP contribution < -0.4 is 14.6 Å². The molecule has 1 amide bonds. The first kappa shape index (κ1) is 28.7. The third-order valence-electron chi connectivity index (χ3n) is 5.46. The number of amides is 1. The van der Waals surface area contributed by atoms with E-state index in [9.17, 15) is 26.4 Å². The van der Waals surface area contributed by atoms with E-state index >= 15 is 0 Å². The summed E-state index contributed by atoms with van der Waals surface area (Å²) in [5, 5.41) is 4.64. The summed E-state index contributed by atoms with van der Waals surface area (Å²) < 4.78 is 73.1. The number of nitrogens with zero attached hydrogens (tertiary/aromatic N) is 3. The average molecular weight is 575 g/mol. The molecule has 3 rings (SSSR count). The highest BCUT2D eigenvalue weighted by Gasteiger charge is 2.48. The highest BCUT2D eigenvalue weighted by Crippen LogP contribution is 2.37. The highest BCUT2D eigenvalue weighted by atomic mass is 35.5. The molecule has 0 aliphatic carbocycles. The molecule has 2 heterocycles. The molecular formula is C23H26ClF3N4O4SSi. The van der Waals surface area contributed by atoms with Gasteiger partial charge in [0, 0.05) is 12.3 Å². The van der Waals surface area contributed by atoms with Crippen LogP contribution in [0.2, 0.25) is 24.8 Å². The third kappa shape index (κ3) is 6.70. The van der Waals surface area contributed by atoms with Crippen LogP contribution in [0.4, 0.5) is 13.2 Å². The van der Waals surface area contributed by atoms with Crippen molar-refractivity contribution in [2.45, 2.75) is 44.6 Å². The minimum Gasteiger partial charge on any atom is -0.476 e. The number of carbonyl (C=O) groups is 1. The van der Waals surface area contributed by atoms with E-state index in [2.05, 4.69) is 29.7 Å². The van der Waals surface area contributed by atoms with Crippen LogP contribution in [0.1, 0.15) is 24.2 Å². The fraction of sp³-hybridized carbons (Fsp3) is 0.348. The summed E-state index contributed by atoms with van der Waals surface area (Å²) in [6, 6.07) is 10.4. The number of ether oxygens (including phenoxy) is 1. The molecule has 0 radical (unpaired) electrons. The van der Waals surface area contributed by atoms with Crippen molar-refractivity contribution < 1.29 is 31.1 Å². The number of alkyl halides is 3. The second-order valence-electron chi connectivity index (χ2n) is 9.99. The van der Waals surface area contributed by atoms with Gasteiger partial charge in [0.05, 0.1) is 23.9 Å². The minimum atomic E-state index is -4.45. The van der Waals surface area contributed by atoms with Crippen LogP contribution in [0.5, 0.6) is 5.88 Å². The molecular weight excluding hydrogens is 549 g/mol. The summed E-state index contributed by atoms with van der Waals surface area (Å²) in [4.78, 5) is 16.7. The van der Waals surface area contributed by atoms with Crippen molar-refractivity contribution in [1.82, 2.24) is 19.5 Å². The highest BCUT2D eigenvalue weighted by molar-refractivity contribution is 7.90. The fourth-order valence-electron chi connectivity index (χ4n) is 2.94. The Kier molecular flexibility index (Phi) is 7.83. The first-order chi connectivity index (χ1) is 16.9. The predicted octanol–water partition coefficient (Wildman–Crippen LogP) is 4.55. The summed E-state index contributed by atoms with van der Waals surface area (Å²) in [6.07, 6.45) is -3.06. The Balaban J connectivity index is 1.75. The normalized spacial score (nSPS) is 12.9. The Labute approximate surface area is 218 Å². The Bertz CT molecular complexity index is 1420. The van der Waals surface area contributed by atoms with E-state index in [0.717, 1.165) is 19.0 Å². The molecule has 0 unspecified atom stereocenters. The van der Waals surface area contributed by atoms with Crippen LogP contribution in [-0.4, -0.2) is 49.9 Å². The van der Waals surface area contributed by atoms with Crippen molar-refractivity contribution in [2.24, 2.45) is 5.41 Å². The molecule has 0 atom stereocenters. The minimum absolute atomic E-state index is 0.0424. The van der Waals surface area contributed by atoms with Gasteiger partial charge in [0.15, 0.2) is 5.82 Å². The van der Waals surface area contributed by atoms with Gasteiger partial charge in [-0.3, -0.25) is 4.79 Å². The SMILES string of the molecule is CC(C)(COc1ccn(-c2ccc(C(=O)NS(=O)(=O)c3cccc([Si](C)(C)C)c3)c(Cl)n2)n1)C(F)(F)F. The van der Waals surface area contributed by atoms with Gasteiger partial charge in [-0.1, -0.05) is 48.6 Å². The molecule has 14 heteroatoms. The lowest BCUT2D eigenvalue weighted by molar-refractivity contribution is -0.219. The van der Waals surface area contributed by atoms with E-state index in [-0.39, 0.29) is 27.3 Å². The Morgan fingerprint density at radius 3 is 2.41 bits per heavy atom. The number of halogens is 4. The van der Waals surface area contributed by atoms with Gasteiger partial charge in [-0.15, -0.1) is 5.10 Å². The molecule has 0 spiro atoms. The van der Waals surface area contributed by atoms with Gasteiger partial charge in [0.25, 0.3) is 15.9 Å². The van der Waals surface area contributed by atoms with Crippen LogP contribution in [0.25, 0.3) is 5.82 Å². The molecule has 37 heavy (non-hydrogen) atoms. The lowest BCUT2D eigenvalue weighted by atomic mass is 9.94. The van der Waals surface area contributed by atoms with Crippen LogP contribution in [0, 0.1) is 5.41 Å². The van der Waals surface area contributed by atoms with Crippen LogP contribution >= 0.6 is 11.6 Å². The van der Waals surface area contributed by atoms with Crippen molar-refractivity contribution in [2.75, 3.05) is 6.61 Å². The number of sulfonamides is 1. The topological polar surface area (TPSA) is 103 Å². The van der Waals surface area contributed by atoms with Gasteiger partial charge in [0.1, 0.15) is 11.8 Å². The first-order valence-electron chi connectivity index (χ1n) is 11.0. The molecule has 0 fully saturated rings. The summed E-state index contributed by atoms with van der Waals surface area (Å²) in [5.74, 6) is -0.901. The number of nitrogens with one attached hydrogen (secondary N) is 1. The second-order valence-corrected chi connectivity index (χ2v) is 17.1. The number of aromatic nitrogens is 3. The van der Waals surface area contributed by atoms with Gasteiger partial charge in [-0.2, -0.15) is 13.2 Å². The largest absolute Gasteiger partial charge is 0.476 e. The van der Waals surface area contributed by atoms with Gasteiger partial charge in [-0.05, 0) is 38.1 Å². The Morgan fingerprint density at radius 2 is 1.81 bits per heavy atom. The van der Waals surface area contributed by atoms with Gasteiger partial charge >= 0.3 is 6.18 Å². The van der Waals surface area contributed by atoms with Crippen molar-refractivity contribution >= 4 is 40.8 Å². The van der Waals surface area contributed by atoms with Gasteiger partial charge in [0.2, 0.25) is 5.88 Å². The third-order valence-corrected chi connectivity index (χ3v) is 9.12. The second kappa shape index (κ2) is 10.1. The predicted molar refractivity (Wildman–Crippen MR) is 136 cm³/mol. The zero-order valence-electron chi connectivity index (χ0n) is 20.7. The van der Waals surface area contributed by atoms with Crippen LogP contribution in [0.15, 0.2) is 53.6 Å². The summed E-state index contributed by atoms with van der Waals surface area (Å²) in [5.41, 5.74) is -2.27. The van der Waals surface area contributed by atoms with Crippen molar-refractivity contribution in [3.8, 4) is 11.7 Å². The zero-order chi connectivity index (χ0) is 27.8. The molecule has 0 saturated heterocycles. The molecule has 0 bridgehead atoms. The van der Waals surface area contributed by atoms with E-state index in [0.29, 0.717) is 0 Å². The number of pyridine rings is 1. The van der Waals surface area contributed by atoms with E-state index in [1.807, 2.05) is 10.8 Å². The van der Waals surface area contributed by atoms with Gasteiger partial charge in [-0.25, -0.2) is 22.8 Å². The number of rotatable bonds is 8. The maximum Gasteiger partial charge on any atom is 0.397 e. The number of hydrogen-bond donors (Lipinski definition) is 1. The summed E-state index contributed by atoms with van der Waals surface area (Å²) >= 11 is 6.15. The fourth-order valence-corrected chi connectivity index (χ4v) is 5.47. The molecule has 2 aromatic heterocycles. The molecule has 200 valence electrons. The summed E-state index contributed by atoms with van der Waals surface area (Å²) in [6.45, 7) is 7.60. The summed E-state index contributed by atoms with van der Waals surface area (Å²) in [7, 11) is -5.96. The molecule has 8 nitrogen and oxygen atoms in total. The quantitative estimate of drug-likeness (QED) is 0.313. The zero-order valence-corrected chi connectivity index (χ0v) is 23.3. The lowest BCUT2D eigenvalue weighted by Gasteiger charge is -2.26. The van der Waals surface area contributed by atoms with Crippen molar-refractivity contribution in [3.05, 3.63) is 59.4 Å². The van der Waals surface area contributed by atoms with Crippen LogP contribution in [0.3, 0.4) is 0 Å².